The molecule has 2 heterocycles. The highest BCUT2D eigenvalue weighted by atomic mass is 16.5. The zero-order valence-corrected chi connectivity index (χ0v) is 11.6. The first-order valence-corrected chi connectivity index (χ1v) is 6.44. The van der Waals surface area contributed by atoms with Gasteiger partial charge in [0.05, 0.1) is 6.61 Å². The Morgan fingerprint density at radius 3 is 2.90 bits per heavy atom. The average Bonchev–Trinajstić information content (AvgIpc) is 2.71. The lowest BCUT2D eigenvalue weighted by Gasteiger charge is -2.01. The summed E-state index contributed by atoms with van der Waals surface area (Å²) in [4.78, 5) is 23.2. The van der Waals surface area contributed by atoms with E-state index in [0.29, 0.717) is 18.6 Å². The van der Waals surface area contributed by atoms with E-state index in [1.807, 2.05) is 19.9 Å². The van der Waals surface area contributed by atoms with E-state index < -0.39 is 0 Å². The van der Waals surface area contributed by atoms with Crippen LogP contribution in [0, 0.1) is 0 Å². The number of aryl methyl sites for hydroxylation is 1. The Labute approximate surface area is 116 Å². The van der Waals surface area contributed by atoms with Gasteiger partial charge in [0.2, 0.25) is 0 Å². The third-order valence-corrected chi connectivity index (χ3v) is 2.65. The van der Waals surface area contributed by atoms with Crippen molar-refractivity contribution in [1.82, 2.24) is 14.2 Å². The van der Waals surface area contributed by atoms with Crippen molar-refractivity contribution in [2.24, 2.45) is 0 Å². The normalized spacial score (nSPS) is 10.5. The topological polar surface area (TPSA) is 65.6 Å². The molecule has 0 aliphatic rings. The highest BCUT2D eigenvalue weighted by molar-refractivity contribution is 5.82. The number of esters is 1. The predicted octanol–water partition coefficient (Wildman–Crippen LogP) is 1.40. The van der Waals surface area contributed by atoms with Crippen LogP contribution in [0.2, 0.25) is 0 Å². The largest absolute Gasteiger partial charge is 0.462 e. The fourth-order valence-electron chi connectivity index (χ4n) is 1.78. The molecule has 2 rings (SSSR count). The van der Waals surface area contributed by atoms with Gasteiger partial charge in [-0.3, -0.25) is 4.40 Å². The number of allylic oxidation sites excluding steroid dienone is 1. The molecule has 106 valence electrons. The van der Waals surface area contributed by atoms with Gasteiger partial charge >= 0.3 is 11.7 Å². The van der Waals surface area contributed by atoms with Crippen LogP contribution in [0.5, 0.6) is 0 Å². The van der Waals surface area contributed by atoms with Gasteiger partial charge in [0.15, 0.2) is 5.65 Å². The van der Waals surface area contributed by atoms with Crippen LogP contribution in [0.3, 0.4) is 0 Å². The number of rotatable bonds is 5. The van der Waals surface area contributed by atoms with Gasteiger partial charge in [0.1, 0.15) is 0 Å². The van der Waals surface area contributed by atoms with Gasteiger partial charge in [-0.15, -0.1) is 5.10 Å². The molecule has 0 bridgehead atoms. The first-order valence-electron chi connectivity index (χ1n) is 6.44. The fourth-order valence-corrected chi connectivity index (χ4v) is 1.78. The van der Waals surface area contributed by atoms with E-state index in [1.165, 1.54) is 15.2 Å². The second kappa shape index (κ2) is 6.18. The number of hydrogen-bond acceptors (Lipinski definition) is 4. The molecule has 0 fully saturated rings. The van der Waals surface area contributed by atoms with Crippen LogP contribution in [0.15, 0.2) is 40.8 Å². The Kier molecular flexibility index (Phi) is 4.34. The average molecular weight is 275 g/mol. The molecule has 2 aromatic rings. The number of hydrogen-bond donors (Lipinski definition) is 0. The summed E-state index contributed by atoms with van der Waals surface area (Å²) in [5, 5.41) is 4.19. The van der Waals surface area contributed by atoms with Gasteiger partial charge in [-0.25, -0.2) is 14.3 Å². The Bertz CT molecular complexity index is 693. The summed E-state index contributed by atoms with van der Waals surface area (Å²) in [6, 6.07) is 5.38. The Balaban J connectivity index is 1.91. The molecule has 0 unspecified atom stereocenters. The standard InChI is InChI=1S/C14H17N3O3/c1-11(2)10-13(18)20-9-5-8-17-14(19)16-7-4-3-6-12(16)15-17/h3-4,6-7,10H,5,8-9H2,1-2H3. The monoisotopic (exact) mass is 275 g/mol. The quantitative estimate of drug-likeness (QED) is 0.470. The van der Waals surface area contributed by atoms with Crippen molar-refractivity contribution in [2.45, 2.75) is 26.8 Å². The summed E-state index contributed by atoms with van der Waals surface area (Å²) in [6.45, 7) is 4.35. The summed E-state index contributed by atoms with van der Waals surface area (Å²) in [7, 11) is 0. The van der Waals surface area contributed by atoms with Gasteiger partial charge in [-0.2, -0.15) is 0 Å². The number of aromatic nitrogens is 3. The predicted molar refractivity (Wildman–Crippen MR) is 74.5 cm³/mol. The summed E-state index contributed by atoms with van der Waals surface area (Å²) in [5.41, 5.74) is 1.32. The van der Waals surface area contributed by atoms with Crippen LogP contribution in [0.25, 0.3) is 5.65 Å². The van der Waals surface area contributed by atoms with Gasteiger partial charge < -0.3 is 4.74 Å². The SMILES string of the molecule is CC(C)=CC(=O)OCCCn1nc2ccccn2c1=O. The van der Waals surface area contributed by atoms with E-state index in [0.717, 1.165) is 5.57 Å². The molecule has 0 spiro atoms. The van der Waals surface area contributed by atoms with E-state index in [4.69, 9.17) is 4.74 Å². The van der Waals surface area contributed by atoms with E-state index in [9.17, 15) is 9.59 Å². The fraction of sp³-hybridized carbons (Fsp3) is 0.357. The van der Waals surface area contributed by atoms with Gasteiger partial charge in [-0.1, -0.05) is 11.6 Å². The number of carbonyl (C=O) groups is 1. The van der Waals surface area contributed by atoms with E-state index in [2.05, 4.69) is 5.10 Å². The molecule has 20 heavy (non-hydrogen) atoms. The van der Waals surface area contributed by atoms with Crippen molar-refractivity contribution >= 4 is 11.6 Å². The molecule has 6 nitrogen and oxygen atoms in total. The zero-order valence-electron chi connectivity index (χ0n) is 11.6. The maximum Gasteiger partial charge on any atom is 0.350 e. The van der Waals surface area contributed by atoms with Crippen LogP contribution >= 0.6 is 0 Å². The third kappa shape index (κ3) is 3.34. The van der Waals surface area contributed by atoms with Crippen molar-refractivity contribution in [1.29, 1.82) is 0 Å². The summed E-state index contributed by atoms with van der Waals surface area (Å²) < 4.78 is 7.88. The van der Waals surface area contributed by atoms with Crippen molar-refractivity contribution in [3.8, 4) is 0 Å². The Morgan fingerprint density at radius 1 is 1.40 bits per heavy atom. The zero-order chi connectivity index (χ0) is 14.5. The molecule has 0 radical (unpaired) electrons. The number of carbonyl (C=O) groups excluding carboxylic acids is 1. The lowest BCUT2D eigenvalue weighted by molar-refractivity contribution is -0.137. The smallest absolute Gasteiger partial charge is 0.350 e. The molecule has 0 atom stereocenters. The molecule has 0 saturated carbocycles. The molecule has 6 heteroatoms. The molecule has 0 saturated heterocycles. The molecule has 0 amide bonds. The lowest BCUT2D eigenvalue weighted by atomic mass is 10.3. The van der Waals surface area contributed by atoms with Crippen molar-refractivity contribution in [3.05, 3.63) is 46.5 Å². The molecule has 0 aliphatic heterocycles. The van der Waals surface area contributed by atoms with Crippen LogP contribution < -0.4 is 5.69 Å². The molecule has 2 aromatic heterocycles. The van der Waals surface area contributed by atoms with Gasteiger partial charge in [0, 0.05) is 25.2 Å². The maximum atomic E-state index is 11.9. The molecule has 0 aromatic carbocycles. The minimum absolute atomic E-state index is 0.184. The second-order valence-electron chi connectivity index (χ2n) is 4.68. The lowest BCUT2D eigenvalue weighted by Crippen LogP contribution is -2.22. The minimum atomic E-state index is -0.354. The van der Waals surface area contributed by atoms with E-state index >= 15 is 0 Å². The summed E-state index contributed by atoms with van der Waals surface area (Å²) >= 11 is 0. The summed E-state index contributed by atoms with van der Waals surface area (Å²) in [5.74, 6) is -0.354. The Morgan fingerprint density at radius 2 is 2.20 bits per heavy atom. The van der Waals surface area contributed by atoms with Crippen LogP contribution in [-0.2, 0) is 16.1 Å². The van der Waals surface area contributed by atoms with Crippen molar-refractivity contribution in [2.75, 3.05) is 6.61 Å². The third-order valence-electron chi connectivity index (χ3n) is 2.65. The molecule has 0 N–H and O–H groups in total. The number of fused-ring (bicyclic) bond motifs is 1. The van der Waals surface area contributed by atoms with Crippen LogP contribution in [0.4, 0.5) is 0 Å². The number of pyridine rings is 1. The first-order chi connectivity index (χ1) is 9.58. The highest BCUT2D eigenvalue weighted by Crippen LogP contribution is 1.97. The van der Waals surface area contributed by atoms with E-state index in [-0.39, 0.29) is 18.3 Å². The Hall–Kier alpha value is -2.37. The highest BCUT2D eigenvalue weighted by Gasteiger charge is 2.05. The van der Waals surface area contributed by atoms with Crippen LogP contribution in [-0.4, -0.2) is 26.8 Å². The second-order valence-corrected chi connectivity index (χ2v) is 4.68. The summed E-state index contributed by atoms with van der Waals surface area (Å²) in [6.07, 6.45) is 3.67. The molecular weight excluding hydrogens is 258 g/mol. The number of nitrogens with zero attached hydrogens (tertiary/aromatic N) is 3. The first kappa shape index (κ1) is 14.0. The van der Waals surface area contributed by atoms with Gasteiger partial charge in [-0.05, 0) is 26.0 Å². The minimum Gasteiger partial charge on any atom is -0.462 e. The van der Waals surface area contributed by atoms with Crippen LogP contribution in [0.1, 0.15) is 20.3 Å². The molecular formula is C14H17N3O3. The maximum absolute atomic E-state index is 11.9. The molecule has 0 aliphatic carbocycles. The van der Waals surface area contributed by atoms with E-state index in [1.54, 1.807) is 18.3 Å². The number of ether oxygens (including phenoxy) is 1. The van der Waals surface area contributed by atoms with Crippen molar-refractivity contribution in [3.63, 3.8) is 0 Å². The van der Waals surface area contributed by atoms with Crippen molar-refractivity contribution < 1.29 is 9.53 Å². The van der Waals surface area contributed by atoms with Gasteiger partial charge in [0.25, 0.3) is 0 Å².